The van der Waals surface area contributed by atoms with Crippen LogP contribution in [0.25, 0.3) is 0 Å². The summed E-state index contributed by atoms with van der Waals surface area (Å²) in [5.74, 6) is -0.504. The standard InChI is InChI=1S/C23H27N3O5S/c27-22(21-11-4-5-12-26(21)32(29,30)20-9-2-1-3-10-20)24-19-8-6-7-18(17-19)23(28)25-13-15-31-16-14-25/h1-3,6-10,17,21H,4-5,11-16H2,(H,24,27). The van der Waals surface area contributed by atoms with Gasteiger partial charge in [0.1, 0.15) is 6.04 Å². The van der Waals surface area contributed by atoms with Gasteiger partial charge in [-0.25, -0.2) is 8.42 Å². The van der Waals surface area contributed by atoms with E-state index in [2.05, 4.69) is 5.32 Å². The summed E-state index contributed by atoms with van der Waals surface area (Å²) >= 11 is 0. The predicted octanol–water partition coefficient (Wildman–Crippen LogP) is 2.34. The van der Waals surface area contributed by atoms with Crippen LogP contribution in [-0.2, 0) is 19.6 Å². The van der Waals surface area contributed by atoms with Gasteiger partial charge >= 0.3 is 0 Å². The molecule has 8 nitrogen and oxygen atoms in total. The monoisotopic (exact) mass is 457 g/mol. The number of hydrogen-bond acceptors (Lipinski definition) is 5. The van der Waals surface area contributed by atoms with Gasteiger partial charge in [-0.2, -0.15) is 4.31 Å². The molecule has 2 aliphatic rings. The lowest BCUT2D eigenvalue weighted by Gasteiger charge is -2.33. The van der Waals surface area contributed by atoms with Gasteiger partial charge in [-0.15, -0.1) is 0 Å². The van der Waals surface area contributed by atoms with Crippen LogP contribution < -0.4 is 5.32 Å². The summed E-state index contributed by atoms with van der Waals surface area (Å²) in [5.41, 5.74) is 0.943. The fourth-order valence-corrected chi connectivity index (χ4v) is 5.76. The van der Waals surface area contributed by atoms with Gasteiger partial charge in [-0.05, 0) is 43.2 Å². The molecule has 32 heavy (non-hydrogen) atoms. The van der Waals surface area contributed by atoms with Gasteiger partial charge in [0.25, 0.3) is 5.91 Å². The van der Waals surface area contributed by atoms with E-state index in [9.17, 15) is 18.0 Å². The zero-order chi connectivity index (χ0) is 22.6. The van der Waals surface area contributed by atoms with Crippen molar-refractivity contribution in [2.45, 2.75) is 30.2 Å². The Balaban J connectivity index is 1.50. The van der Waals surface area contributed by atoms with Gasteiger partial charge in [0, 0.05) is 30.9 Å². The number of rotatable bonds is 5. The molecule has 0 radical (unpaired) electrons. The van der Waals surface area contributed by atoms with E-state index >= 15 is 0 Å². The third-order valence-electron chi connectivity index (χ3n) is 5.78. The third kappa shape index (κ3) is 4.85. The molecule has 1 unspecified atom stereocenters. The maximum Gasteiger partial charge on any atom is 0.254 e. The number of nitrogens with zero attached hydrogens (tertiary/aromatic N) is 2. The molecule has 2 heterocycles. The minimum Gasteiger partial charge on any atom is -0.378 e. The first-order valence-corrected chi connectivity index (χ1v) is 12.3. The molecule has 0 saturated carbocycles. The average molecular weight is 458 g/mol. The van der Waals surface area contributed by atoms with E-state index in [0.717, 1.165) is 6.42 Å². The van der Waals surface area contributed by atoms with Crippen LogP contribution in [0.15, 0.2) is 59.5 Å². The smallest absolute Gasteiger partial charge is 0.254 e. The van der Waals surface area contributed by atoms with Crippen molar-refractivity contribution in [1.82, 2.24) is 9.21 Å². The molecule has 2 aromatic rings. The van der Waals surface area contributed by atoms with Gasteiger partial charge in [-0.1, -0.05) is 30.7 Å². The summed E-state index contributed by atoms with van der Waals surface area (Å²) in [5, 5.41) is 2.82. The Morgan fingerprint density at radius 2 is 1.69 bits per heavy atom. The fraction of sp³-hybridized carbons (Fsp3) is 0.391. The minimum absolute atomic E-state index is 0.115. The quantitative estimate of drug-likeness (QED) is 0.744. The number of hydrogen-bond donors (Lipinski definition) is 1. The topological polar surface area (TPSA) is 96.0 Å². The van der Waals surface area contributed by atoms with Crippen molar-refractivity contribution in [3.05, 3.63) is 60.2 Å². The molecule has 4 rings (SSSR count). The summed E-state index contributed by atoms with van der Waals surface area (Å²) < 4.78 is 32.9. The average Bonchev–Trinajstić information content (AvgIpc) is 2.85. The van der Waals surface area contributed by atoms with E-state index in [0.29, 0.717) is 56.9 Å². The van der Waals surface area contributed by atoms with Gasteiger partial charge in [0.15, 0.2) is 0 Å². The second-order valence-electron chi connectivity index (χ2n) is 7.92. The van der Waals surface area contributed by atoms with Crippen molar-refractivity contribution >= 4 is 27.5 Å². The Bertz CT molecular complexity index is 1070. The molecular weight excluding hydrogens is 430 g/mol. The lowest BCUT2D eigenvalue weighted by Crippen LogP contribution is -2.49. The van der Waals surface area contributed by atoms with E-state index in [1.807, 2.05) is 0 Å². The first-order chi connectivity index (χ1) is 15.5. The Labute approximate surface area is 188 Å². The highest BCUT2D eigenvalue weighted by Crippen LogP contribution is 2.26. The van der Waals surface area contributed by atoms with E-state index in [1.54, 1.807) is 59.5 Å². The maximum absolute atomic E-state index is 13.2. The summed E-state index contributed by atoms with van der Waals surface area (Å²) in [4.78, 5) is 27.8. The van der Waals surface area contributed by atoms with Crippen LogP contribution in [-0.4, -0.2) is 68.3 Å². The number of morpholine rings is 1. The molecule has 2 fully saturated rings. The van der Waals surface area contributed by atoms with Gasteiger partial charge in [0.05, 0.1) is 18.1 Å². The van der Waals surface area contributed by atoms with Crippen LogP contribution in [0.5, 0.6) is 0 Å². The van der Waals surface area contributed by atoms with Crippen LogP contribution >= 0.6 is 0 Å². The number of ether oxygens (including phenoxy) is 1. The molecule has 1 N–H and O–H groups in total. The third-order valence-corrected chi connectivity index (χ3v) is 7.70. The van der Waals surface area contributed by atoms with Crippen LogP contribution in [0.1, 0.15) is 29.6 Å². The normalized spacial score (nSPS) is 20.0. The Morgan fingerprint density at radius 3 is 2.44 bits per heavy atom. The number of sulfonamides is 1. The molecule has 2 saturated heterocycles. The lowest BCUT2D eigenvalue weighted by atomic mass is 10.0. The molecule has 0 aliphatic carbocycles. The molecule has 0 spiro atoms. The van der Waals surface area contributed by atoms with Gasteiger partial charge < -0.3 is 15.0 Å². The highest BCUT2D eigenvalue weighted by molar-refractivity contribution is 7.89. The van der Waals surface area contributed by atoms with Crippen molar-refractivity contribution in [2.75, 3.05) is 38.2 Å². The molecular formula is C23H27N3O5S. The maximum atomic E-state index is 13.2. The minimum atomic E-state index is -3.78. The highest BCUT2D eigenvalue weighted by atomic mass is 32.2. The number of amides is 2. The zero-order valence-corrected chi connectivity index (χ0v) is 18.6. The summed E-state index contributed by atoms with van der Waals surface area (Å²) in [7, 11) is -3.78. The number of anilines is 1. The number of nitrogens with one attached hydrogen (secondary N) is 1. The summed E-state index contributed by atoms with van der Waals surface area (Å²) in [6.45, 7) is 2.38. The van der Waals surface area contributed by atoms with Crippen molar-refractivity contribution < 1.29 is 22.7 Å². The Hall–Kier alpha value is -2.75. The first-order valence-electron chi connectivity index (χ1n) is 10.8. The fourth-order valence-electron chi connectivity index (χ4n) is 4.09. The van der Waals surface area contributed by atoms with E-state index < -0.39 is 16.1 Å². The van der Waals surface area contributed by atoms with E-state index in [1.165, 1.54) is 4.31 Å². The molecule has 170 valence electrons. The van der Waals surface area contributed by atoms with Crippen LogP contribution in [0.3, 0.4) is 0 Å². The van der Waals surface area contributed by atoms with Gasteiger partial charge in [-0.3, -0.25) is 9.59 Å². The first kappa shape index (κ1) is 22.4. The number of benzene rings is 2. The molecule has 9 heteroatoms. The molecule has 2 aliphatic heterocycles. The number of carbonyl (C=O) groups is 2. The molecule has 0 aromatic heterocycles. The van der Waals surface area contributed by atoms with Crippen molar-refractivity contribution in [3.63, 3.8) is 0 Å². The molecule has 2 aromatic carbocycles. The highest BCUT2D eigenvalue weighted by Gasteiger charge is 2.37. The van der Waals surface area contributed by atoms with Crippen LogP contribution in [0.2, 0.25) is 0 Å². The summed E-state index contributed by atoms with van der Waals surface area (Å²) in [6, 6.07) is 14.1. The zero-order valence-electron chi connectivity index (χ0n) is 17.8. The predicted molar refractivity (Wildman–Crippen MR) is 120 cm³/mol. The largest absolute Gasteiger partial charge is 0.378 e. The lowest BCUT2D eigenvalue weighted by molar-refractivity contribution is -0.120. The number of piperidine rings is 1. The second kappa shape index (κ2) is 9.81. The molecule has 1 atom stereocenters. The van der Waals surface area contributed by atoms with Crippen LogP contribution in [0.4, 0.5) is 5.69 Å². The second-order valence-corrected chi connectivity index (χ2v) is 9.81. The van der Waals surface area contributed by atoms with Crippen molar-refractivity contribution in [3.8, 4) is 0 Å². The van der Waals surface area contributed by atoms with Gasteiger partial charge in [0.2, 0.25) is 15.9 Å². The SMILES string of the molecule is O=C(Nc1cccc(C(=O)N2CCOCC2)c1)C1CCCCN1S(=O)(=O)c1ccccc1. The Morgan fingerprint density at radius 1 is 0.938 bits per heavy atom. The van der Waals surface area contributed by atoms with E-state index in [4.69, 9.17) is 4.74 Å². The number of carbonyl (C=O) groups excluding carboxylic acids is 2. The van der Waals surface area contributed by atoms with Crippen molar-refractivity contribution in [1.29, 1.82) is 0 Å². The van der Waals surface area contributed by atoms with Crippen LogP contribution in [0, 0.1) is 0 Å². The molecule has 2 amide bonds. The van der Waals surface area contributed by atoms with E-state index in [-0.39, 0.29) is 16.7 Å². The molecule has 0 bridgehead atoms. The Kier molecular flexibility index (Phi) is 6.88. The van der Waals surface area contributed by atoms with Crippen molar-refractivity contribution in [2.24, 2.45) is 0 Å². The summed E-state index contributed by atoms with van der Waals surface area (Å²) in [6.07, 6.45) is 1.93.